The number of nitrogens with one attached hydrogen (secondary N) is 1. The maximum absolute atomic E-state index is 12.3. The Morgan fingerprint density at radius 1 is 1.22 bits per heavy atom. The number of carbonyl (C=O) groups is 1. The summed E-state index contributed by atoms with van der Waals surface area (Å²) in [5.74, 6) is 0.131. The van der Waals surface area contributed by atoms with E-state index in [0.29, 0.717) is 6.54 Å². The average Bonchev–Trinajstić information content (AvgIpc) is 2.60. The number of ether oxygens (including phenoxy) is 1. The van der Waals surface area contributed by atoms with Crippen LogP contribution in [0.15, 0.2) is 30.3 Å². The van der Waals surface area contributed by atoms with E-state index in [1.807, 2.05) is 25.1 Å². The van der Waals surface area contributed by atoms with Gasteiger partial charge >= 0.3 is 0 Å². The van der Waals surface area contributed by atoms with Gasteiger partial charge in [-0.15, -0.1) is 0 Å². The first-order valence-electron chi connectivity index (χ1n) is 8.47. The molecule has 0 aromatic heterocycles. The third-order valence-corrected chi connectivity index (χ3v) is 4.50. The van der Waals surface area contributed by atoms with Crippen molar-refractivity contribution >= 4 is 5.91 Å². The lowest BCUT2D eigenvalue weighted by atomic mass is 10.1. The minimum atomic E-state index is -0.0599. The van der Waals surface area contributed by atoms with Gasteiger partial charge in [0.1, 0.15) is 0 Å². The highest BCUT2D eigenvalue weighted by atomic mass is 16.5. The normalized spacial score (nSPS) is 17.8. The van der Waals surface area contributed by atoms with E-state index < -0.39 is 0 Å². The Balaban J connectivity index is 1.67. The Hall–Kier alpha value is -1.43. The van der Waals surface area contributed by atoms with Crippen LogP contribution >= 0.6 is 0 Å². The van der Waals surface area contributed by atoms with Crippen molar-refractivity contribution in [1.29, 1.82) is 0 Å². The third-order valence-electron chi connectivity index (χ3n) is 4.50. The highest BCUT2D eigenvalue weighted by Gasteiger charge is 2.24. The van der Waals surface area contributed by atoms with E-state index >= 15 is 0 Å². The van der Waals surface area contributed by atoms with E-state index in [4.69, 9.17) is 4.74 Å². The van der Waals surface area contributed by atoms with Crippen LogP contribution in [0.5, 0.6) is 0 Å². The predicted molar refractivity (Wildman–Crippen MR) is 92.5 cm³/mol. The number of carbonyl (C=O) groups excluding carboxylic acids is 1. The van der Waals surface area contributed by atoms with Crippen LogP contribution in [0.2, 0.25) is 0 Å². The summed E-state index contributed by atoms with van der Waals surface area (Å²) >= 11 is 0. The molecule has 128 valence electrons. The van der Waals surface area contributed by atoms with Crippen LogP contribution in [0.1, 0.15) is 12.5 Å². The molecule has 1 aliphatic heterocycles. The van der Waals surface area contributed by atoms with Crippen LogP contribution in [0.3, 0.4) is 0 Å². The number of nitrogens with zero attached hydrogens (tertiary/aromatic N) is 2. The first kappa shape index (κ1) is 17.9. The van der Waals surface area contributed by atoms with E-state index in [1.54, 1.807) is 7.11 Å². The molecule has 0 unspecified atom stereocenters. The van der Waals surface area contributed by atoms with Gasteiger partial charge in [-0.1, -0.05) is 30.3 Å². The van der Waals surface area contributed by atoms with Gasteiger partial charge in [-0.2, -0.15) is 0 Å². The average molecular weight is 319 g/mol. The molecule has 5 nitrogen and oxygen atoms in total. The predicted octanol–water partition coefficient (Wildman–Crippen LogP) is 0.998. The number of methoxy groups -OCH3 is 1. The molecule has 1 saturated heterocycles. The summed E-state index contributed by atoms with van der Waals surface area (Å²) in [6.07, 6.45) is 0.879. The van der Waals surface area contributed by atoms with Crippen LogP contribution in [0, 0.1) is 0 Å². The van der Waals surface area contributed by atoms with Crippen LogP contribution in [-0.2, 0) is 16.0 Å². The number of rotatable bonds is 8. The van der Waals surface area contributed by atoms with Crippen LogP contribution in [0.25, 0.3) is 0 Å². The Morgan fingerprint density at radius 3 is 2.57 bits per heavy atom. The smallest absolute Gasteiger partial charge is 0.237 e. The standard InChI is InChI=1S/C18H29N3O2/c1-16(21-12-10-20(11-13-21)14-15-23-2)18(22)19-9-8-17-6-4-3-5-7-17/h3-7,16H,8-15H2,1-2H3,(H,19,22)/t16-/m1/s1. The molecule has 0 bridgehead atoms. The molecule has 1 atom stereocenters. The lowest BCUT2D eigenvalue weighted by Crippen LogP contribution is -2.54. The van der Waals surface area contributed by atoms with Gasteiger partial charge in [0.05, 0.1) is 12.6 Å². The van der Waals surface area contributed by atoms with E-state index in [0.717, 1.165) is 45.8 Å². The summed E-state index contributed by atoms with van der Waals surface area (Å²) in [7, 11) is 1.73. The largest absolute Gasteiger partial charge is 0.383 e. The van der Waals surface area contributed by atoms with Crippen molar-refractivity contribution in [3.05, 3.63) is 35.9 Å². The van der Waals surface area contributed by atoms with Gasteiger partial charge in [-0.3, -0.25) is 14.6 Å². The molecule has 1 heterocycles. The van der Waals surface area contributed by atoms with E-state index in [1.165, 1.54) is 5.56 Å². The summed E-state index contributed by atoms with van der Waals surface area (Å²) in [6, 6.07) is 10.2. The second-order valence-electron chi connectivity index (χ2n) is 6.07. The van der Waals surface area contributed by atoms with Gasteiger partial charge in [-0.25, -0.2) is 0 Å². The highest BCUT2D eigenvalue weighted by molar-refractivity contribution is 5.81. The van der Waals surface area contributed by atoms with Crippen molar-refractivity contribution in [3.8, 4) is 0 Å². The first-order chi connectivity index (χ1) is 11.2. The van der Waals surface area contributed by atoms with Gasteiger partial charge in [0.15, 0.2) is 0 Å². The fourth-order valence-electron chi connectivity index (χ4n) is 2.88. The van der Waals surface area contributed by atoms with Crippen molar-refractivity contribution in [3.63, 3.8) is 0 Å². The van der Waals surface area contributed by atoms with Gasteiger partial charge in [0.25, 0.3) is 0 Å². The van der Waals surface area contributed by atoms with Gasteiger partial charge in [-0.05, 0) is 18.9 Å². The molecule has 1 aromatic rings. The van der Waals surface area contributed by atoms with Crippen molar-refractivity contribution in [1.82, 2.24) is 15.1 Å². The Morgan fingerprint density at radius 2 is 1.91 bits per heavy atom. The maximum atomic E-state index is 12.3. The number of hydrogen-bond acceptors (Lipinski definition) is 4. The molecule has 0 saturated carbocycles. The number of piperazine rings is 1. The fraction of sp³-hybridized carbons (Fsp3) is 0.611. The zero-order valence-corrected chi connectivity index (χ0v) is 14.3. The van der Waals surface area contributed by atoms with Crippen molar-refractivity contribution in [2.75, 3.05) is 53.0 Å². The minimum absolute atomic E-state index is 0.0599. The summed E-state index contributed by atoms with van der Waals surface area (Å²) in [5, 5.41) is 3.06. The second-order valence-corrected chi connectivity index (χ2v) is 6.07. The fourth-order valence-corrected chi connectivity index (χ4v) is 2.88. The lowest BCUT2D eigenvalue weighted by Gasteiger charge is -2.37. The lowest BCUT2D eigenvalue weighted by molar-refractivity contribution is -0.126. The zero-order chi connectivity index (χ0) is 16.5. The first-order valence-corrected chi connectivity index (χ1v) is 8.47. The van der Waals surface area contributed by atoms with Gasteiger partial charge in [0.2, 0.25) is 5.91 Å². The Labute approximate surface area is 139 Å². The summed E-state index contributed by atoms with van der Waals surface area (Å²) in [4.78, 5) is 17.0. The molecule has 0 spiro atoms. The molecular formula is C18H29N3O2. The third kappa shape index (κ3) is 5.94. The topological polar surface area (TPSA) is 44.8 Å². The van der Waals surface area contributed by atoms with Crippen LogP contribution in [-0.4, -0.2) is 74.7 Å². The molecule has 1 aliphatic rings. The van der Waals surface area contributed by atoms with Crippen LogP contribution < -0.4 is 5.32 Å². The zero-order valence-electron chi connectivity index (χ0n) is 14.3. The minimum Gasteiger partial charge on any atom is -0.383 e. The number of hydrogen-bond donors (Lipinski definition) is 1. The second kappa shape index (κ2) is 9.65. The monoisotopic (exact) mass is 319 g/mol. The molecular weight excluding hydrogens is 290 g/mol. The van der Waals surface area contributed by atoms with E-state index in [9.17, 15) is 4.79 Å². The number of amides is 1. The molecule has 2 rings (SSSR count). The summed E-state index contributed by atoms with van der Waals surface area (Å²) in [5.41, 5.74) is 1.26. The quantitative estimate of drug-likeness (QED) is 0.776. The summed E-state index contributed by atoms with van der Waals surface area (Å²) < 4.78 is 5.12. The summed E-state index contributed by atoms with van der Waals surface area (Å²) in [6.45, 7) is 8.34. The van der Waals surface area contributed by atoms with E-state index in [-0.39, 0.29) is 11.9 Å². The Kier molecular flexibility index (Phi) is 7.52. The van der Waals surface area contributed by atoms with Gasteiger partial charge < -0.3 is 10.1 Å². The molecule has 1 aromatic carbocycles. The van der Waals surface area contributed by atoms with Crippen molar-refractivity contribution < 1.29 is 9.53 Å². The Bertz CT molecular complexity index is 459. The van der Waals surface area contributed by atoms with Crippen LogP contribution in [0.4, 0.5) is 0 Å². The molecule has 0 aliphatic carbocycles. The number of benzene rings is 1. The van der Waals surface area contributed by atoms with E-state index in [2.05, 4.69) is 27.2 Å². The molecule has 1 amide bonds. The molecule has 1 N–H and O–H groups in total. The molecule has 0 radical (unpaired) electrons. The van der Waals surface area contributed by atoms with Crippen molar-refractivity contribution in [2.45, 2.75) is 19.4 Å². The van der Waals surface area contributed by atoms with Gasteiger partial charge in [0, 0.05) is 46.4 Å². The molecule has 5 heteroatoms. The molecule has 23 heavy (non-hydrogen) atoms. The molecule has 1 fully saturated rings. The maximum Gasteiger partial charge on any atom is 0.237 e. The highest BCUT2D eigenvalue weighted by Crippen LogP contribution is 2.06. The SMILES string of the molecule is COCCN1CCN([C@H](C)C(=O)NCCc2ccccc2)CC1. The van der Waals surface area contributed by atoms with Crippen molar-refractivity contribution in [2.24, 2.45) is 0 Å².